The van der Waals surface area contributed by atoms with Gasteiger partial charge in [0.2, 0.25) is 0 Å². The molecule has 0 saturated carbocycles. The molecule has 2 heterocycles. The van der Waals surface area contributed by atoms with Gasteiger partial charge in [-0.2, -0.15) is 0 Å². The van der Waals surface area contributed by atoms with E-state index in [0.29, 0.717) is 13.1 Å². The third kappa shape index (κ3) is 5.11. The van der Waals surface area contributed by atoms with Crippen molar-refractivity contribution >= 4 is 10.9 Å². The number of hydrogen-bond acceptors (Lipinski definition) is 5. The van der Waals surface area contributed by atoms with Crippen LogP contribution < -0.4 is 5.56 Å². The maximum Gasteiger partial charge on any atom is 0.252 e. The first-order valence-electron chi connectivity index (χ1n) is 11.0. The second-order valence-corrected chi connectivity index (χ2v) is 9.34. The number of nitrogens with zero attached hydrogens (tertiary/aromatic N) is 5. The van der Waals surface area contributed by atoms with Gasteiger partial charge in [0.05, 0.1) is 12.1 Å². The van der Waals surface area contributed by atoms with E-state index < -0.39 is 0 Å². The molecule has 0 aliphatic heterocycles. The van der Waals surface area contributed by atoms with Crippen molar-refractivity contribution in [3.05, 3.63) is 87.5 Å². The number of aromatic nitrogens is 5. The molecule has 4 rings (SSSR count). The van der Waals surface area contributed by atoms with Gasteiger partial charge in [0.25, 0.3) is 5.56 Å². The second-order valence-electron chi connectivity index (χ2n) is 9.34. The van der Waals surface area contributed by atoms with Gasteiger partial charge >= 0.3 is 0 Å². The first kappa shape index (κ1) is 21.9. The van der Waals surface area contributed by atoms with Crippen molar-refractivity contribution in [2.45, 2.75) is 52.7 Å². The van der Waals surface area contributed by atoms with E-state index in [4.69, 9.17) is 0 Å². The van der Waals surface area contributed by atoms with Gasteiger partial charge in [0.1, 0.15) is 0 Å². The lowest BCUT2D eigenvalue weighted by atomic mass is 10.1. The van der Waals surface area contributed by atoms with Gasteiger partial charge in [-0.1, -0.05) is 42.5 Å². The van der Waals surface area contributed by atoms with E-state index >= 15 is 0 Å². The average Bonchev–Trinajstić information content (AvgIpc) is 3.22. The predicted molar refractivity (Wildman–Crippen MR) is 126 cm³/mol. The summed E-state index contributed by atoms with van der Waals surface area (Å²) in [5, 5.41) is 13.4. The average molecular weight is 431 g/mol. The minimum Gasteiger partial charge on any atom is -0.322 e. The van der Waals surface area contributed by atoms with E-state index in [0.717, 1.165) is 40.8 Å². The zero-order chi connectivity index (χ0) is 22.7. The van der Waals surface area contributed by atoms with Crippen LogP contribution in [0.2, 0.25) is 0 Å². The van der Waals surface area contributed by atoms with E-state index in [1.165, 1.54) is 5.56 Å². The lowest BCUT2D eigenvalue weighted by molar-refractivity contribution is 0.234. The molecule has 0 unspecified atom stereocenters. The highest BCUT2D eigenvalue weighted by molar-refractivity contribution is 5.79. The molecule has 0 fully saturated rings. The fourth-order valence-electron chi connectivity index (χ4n) is 3.89. The molecule has 7 nitrogen and oxygen atoms in total. The molecule has 0 aliphatic rings. The zero-order valence-corrected chi connectivity index (χ0v) is 19.2. The van der Waals surface area contributed by atoms with Crippen LogP contribution in [0.25, 0.3) is 10.9 Å². The molecule has 0 aliphatic carbocycles. The molecule has 2 aromatic carbocycles. The molecule has 0 saturated heterocycles. The van der Waals surface area contributed by atoms with Gasteiger partial charge in [-0.25, -0.2) is 4.68 Å². The summed E-state index contributed by atoms with van der Waals surface area (Å²) in [6, 6.07) is 18.5. The summed E-state index contributed by atoms with van der Waals surface area (Å²) in [5.74, 6) is 0.790. The smallest absolute Gasteiger partial charge is 0.252 e. The molecule has 166 valence electrons. The number of hydrogen-bond donors (Lipinski definition) is 1. The predicted octanol–water partition coefficient (Wildman–Crippen LogP) is 3.82. The largest absolute Gasteiger partial charge is 0.322 e. The number of aromatic amines is 1. The monoisotopic (exact) mass is 430 g/mol. The van der Waals surface area contributed by atoms with Crippen LogP contribution in [0, 0.1) is 6.92 Å². The number of nitrogens with one attached hydrogen (secondary N) is 1. The number of pyridine rings is 1. The Morgan fingerprint density at radius 2 is 1.81 bits per heavy atom. The van der Waals surface area contributed by atoms with Crippen molar-refractivity contribution < 1.29 is 0 Å². The Morgan fingerprint density at radius 3 is 2.56 bits per heavy atom. The number of H-pyrrole nitrogens is 1. The molecule has 7 heteroatoms. The molecule has 0 atom stereocenters. The maximum absolute atomic E-state index is 12.9. The topological polar surface area (TPSA) is 79.7 Å². The van der Waals surface area contributed by atoms with E-state index in [9.17, 15) is 4.79 Å². The quantitative estimate of drug-likeness (QED) is 0.482. The molecular weight excluding hydrogens is 400 g/mol. The third-order valence-corrected chi connectivity index (χ3v) is 5.57. The minimum atomic E-state index is -0.220. The van der Waals surface area contributed by atoms with Gasteiger partial charge in [-0.3, -0.25) is 9.69 Å². The maximum atomic E-state index is 12.9. The molecule has 0 amide bonds. The second kappa shape index (κ2) is 9.04. The van der Waals surface area contributed by atoms with Gasteiger partial charge in [0, 0.05) is 24.2 Å². The SMILES string of the molecule is Cc1ccc2cc(CN(CCc3ccccc3)Cc3nnnn3C(C)(C)C)c(=O)[nH]c2c1. The number of rotatable bonds is 7. The lowest BCUT2D eigenvalue weighted by Crippen LogP contribution is -2.32. The lowest BCUT2D eigenvalue weighted by Gasteiger charge is -2.25. The molecule has 0 bridgehead atoms. The van der Waals surface area contributed by atoms with Crippen LogP contribution in [-0.4, -0.2) is 36.6 Å². The Kier molecular flexibility index (Phi) is 6.19. The molecule has 2 aromatic heterocycles. The van der Waals surface area contributed by atoms with Crippen LogP contribution in [0.3, 0.4) is 0 Å². The Morgan fingerprint density at radius 1 is 1.03 bits per heavy atom. The van der Waals surface area contributed by atoms with Crippen LogP contribution >= 0.6 is 0 Å². The molecule has 4 aromatic rings. The van der Waals surface area contributed by atoms with Crippen molar-refractivity contribution in [2.24, 2.45) is 0 Å². The number of aryl methyl sites for hydroxylation is 1. The van der Waals surface area contributed by atoms with Gasteiger partial charge in [0.15, 0.2) is 5.82 Å². The first-order valence-corrected chi connectivity index (χ1v) is 11.0. The van der Waals surface area contributed by atoms with Crippen LogP contribution in [0.5, 0.6) is 0 Å². The fraction of sp³-hybridized carbons (Fsp3) is 0.360. The summed E-state index contributed by atoms with van der Waals surface area (Å²) in [6.45, 7) is 10.1. The van der Waals surface area contributed by atoms with E-state index in [-0.39, 0.29) is 11.1 Å². The highest BCUT2D eigenvalue weighted by Gasteiger charge is 2.22. The Labute approximate surface area is 188 Å². The standard InChI is InChI=1S/C25H30N6O/c1-18-10-11-20-15-21(24(32)26-22(20)14-18)16-30(13-12-19-8-6-5-7-9-19)17-23-27-28-29-31(23)25(2,3)4/h5-11,14-15H,12-13,16-17H2,1-4H3,(H,26,32). The highest BCUT2D eigenvalue weighted by atomic mass is 16.1. The van der Waals surface area contributed by atoms with Crippen LogP contribution in [0.1, 0.15) is 43.3 Å². The third-order valence-electron chi connectivity index (χ3n) is 5.57. The van der Waals surface area contributed by atoms with Crippen molar-refractivity contribution in [3.8, 4) is 0 Å². The minimum absolute atomic E-state index is 0.0526. The molecule has 1 N–H and O–H groups in total. The van der Waals surface area contributed by atoms with E-state index in [2.05, 4.69) is 82.6 Å². The molecular formula is C25H30N6O. The zero-order valence-electron chi connectivity index (χ0n) is 19.2. The molecule has 32 heavy (non-hydrogen) atoms. The summed E-state index contributed by atoms with van der Waals surface area (Å²) in [4.78, 5) is 18.1. The summed E-state index contributed by atoms with van der Waals surface area (Å²) in [7, 11) is 0. The Balaban J connectivity index is 1.62. The Bertz CT molecular complexity index is 1250. The van der Waals surface area contributed by atoms with Gasteiger partial charge in [-0.05, 0) is 73.2 Å². The van der Waals surface area contributed by atoms with Gasteiger partial charge < -0.3 is 4.98 Å². The molecule has 0 radical (unpaired) electrons. The number of benzene rings is 2. The molecule has 0 spiro atoms. The van der Waals surface area contributed by atoms with Crippen LogP contribution in [-0.2, 0) is 25.0 Å². The summed E-state index contributed by atoms with van der Waals surface area (Å²) >= 11 is 0. The van der Waals surface area contributed by atoms with Crippen molar-refractivity contribution in [2.75, 3.05) is 6.54 Å². The summed E-state index contributed by atoms with van der Waals surface area (Å²) in [6.07, 6.45) is 0.878. The van der Waals surface area contributed by atoms with E-state index in [1.807, 2.05) is 29.8 Å². The summed E-state index contributed by atoms with van der Waals surface area (Å²) in [5.41, 5.74) is 3.72. The first-order chi connectivity index (χ1) is 15.3. The summed E-state index contributed by atoms with van der Waals surface area (Å²) < 4.78 is 1.86. The van der Waals surface area contributed by atoms with Crippen molar-refractivity contribution in [1.29, 1.82) is 0 Å². The van der Waals surface area contributed by atoms with Crippen LogP contribution in [0.15, 0.2) is 59.4 Å². The van der Waals surface area contributed by atoms with E-state index in [1.54, 1.807) is 0 Å². The van der Waals surface area contributed by atoms with Gasteiger partial charge in [-0.15, -0.1) is 5.10 Å². The number of fused-ring (bicyclic) bond motifs is 1. The van der Waals surface area contributed by atoms with Crippen LogP contribution in [0.4, 0.5) is 0 Å². The highest BCUT2D eigenvalue weighted by Crippen LogP contribution is 2.17. The normalized spacial score (nSPS) is 12.0. The fourth-order valence-corrected chi connectivity index (χ4v) is 3.89. The van der Waals surface area contributed by atoms with Crippen molar-refractivity contribution in [3.63, 3.8) is 0 Å². The number of tetrazole rings is 1. The van der Waals surface area contributed by atoms with Crippen molar-refractivity contribution in [1.82, 2.24) is 30.1 Å². The Hall–Kier alpha value is -3.32.